The first-order valence-electron chi connectivity index (χ1n) is 12.8. The molecule has 3 rings (SSSR count). The highest BCUT2D eigenvalue weighted by Gasteiger charge is 2.40. The van der Waals surface area contributed by atoms with Crippen molar-refractivity contribution in [2.24, 2.45) is 0 Å². The first-order chi connectivity index (χ1) is 18.6. The van der Waals surface area contributed by atoms with Crippen molar-refractivity contribution in [2.75, 3.05) is 51.1 Å². The second kappa shape index (κ2) is 12.4. The quantitative estimate of drug-likeness (QED) is 0.226. The molecule has 0 bridgehead atoms. The van der Waals surface area contributed by atoms with E-state index in [-0.39, 0.29) is 0 Å². The van der Waals surface area contributed by atoms with Gasteiger partial charge in [0.1, 0.15) is 13.7 Å². The second-order valence-electron chi connectivity index (χ2n) is 11.5. The summed E-state index contributed by atoms with van der Waals surface area (Å²) in [7, 11) is 0.328. The predicted molar refractivity (Wildman–Crippen MR) is 157 cm³/mol. The van der Waals surface area contributed by atoms with Gasteiger partial charge in [-0.1, -0.05) is 13.1 Å². The lowest BCUT2D eigenvalue weighted by atomic mass is 10.00. The Morgan fingerprint density at radius 1 is 0.951 bits per heavy atom. The molecule has 0 saturated heterocycles. The number of carbonyl (C=O) groups is 1. The summed E-state index contributed by atoms with van der Waals surface area (Å²) in [4.78, 5) is 20.0. The van der Waals surface area contributed by atoms with E-state index in [9.17, 15) is 18.0 Å². The smallest absolute Gasteiger partial charge is 0.485 e. The zero-order valence-electron chi connectivity index (χ0n) is 24.9. The number of carbonyl (C=O) groups excluding carboxylic acids is 1. The highest BCUT2D eigenvalue weighted by molar-refractivity contribution is 7.86. The normalized spacial score (nSPS) is 14.1. The summed E-state index contributed by atoms with van der Waals surface area (Å²) in [5.74, 6) is 0. The number of fused-ring (bicyclic) bond motifs is 2. The van der Waals surface area contributed by atoms with Crippen LogP contribution in [-0.2, 0) is 14.9 Å². The third-order valence-electron chi connectivity index (χ3n) is 6.30. The van der Waals surface area contributed by atoms with Crippen LogP contribution in [0.2, 0.25) is 13.1 Å². The average molecular weight is 617 g/mol. The number of amides is 1. The largest absolute Gasteiger partial charge is 0.741 e. The number of rotatable bonds is 5. The van der Waals surface area contributed by atoms with Crippen LogP contribution in [0.4, 0.5) is 29.3 Å². The number of ether oxygens (including phenoxy) is 1. The maximum atomic E-state index is 12.0. The molecule has 1 aliphatic heterocycles. The summed E-state index contributed by atoms with van der Waals surface area (Å²) in [6.07, 6.45) is -0.390. The van der Waals surface area contributed by atoms with E-state index < -0.39 is 35.4 Å². The Morgan fingerprint density at radius 3 is 1.71 bits per heavy atom. The van der Waals surface area contributed by atoms with Gasteiger partial charge in [0.25, 0.3) is 0 Å². The third-order valence-corrected chi connectivity index (χ3v) is 10.4. The molecule has 1 amide bonds. The van der Waals surface area contributed by atoms with Crippen LogP contribution < -0.4 is 30.5 Å². The molecule has 9 nitrogen and oxygen atoms in total. The monoisotopic (exact) mass is 616 g/mol. The van der Waals surface area contributed by atoms with Gasteiger partial charge in [0.05, 0.1) is 6.54 Å². The van der Waals surface area contributed by atoms with E-state index in [1.165, 1.54) is 32.9 Å². The zero-order valence-corrected chi connectivity index (χ0v) is 26.7. The summed E-state index contributed by atoms with van der Waals surface area (Å²) in [6.45, 7) is 11.6. The molecule has 14 heteroatoms. The minimum absolute atomic E-state index is 0.390. The number of nitrogens with one attached hydrogen (secondary N) is 2. The van der Waals surface area contributed by atoms with Crippen molar-refractivity contribution in [3.05, 3.63) is 47.5 Å². The average Bonchev–Trinajstić information content (AvgIpc) is 2.81. The number of nitrogens with zero attached hydrogens (tertiary/aromatic N) is 2. The fourth-order valence-electron chi connectivity index (χ4n) is 4.24. The van der Waals surface area contributed by atoms with Crippen LogP contribution in [0.1, 0.15) is 31.9 Å². The van der Waals surface area contributed by atoms with Gasteiger partial charge in [0.15, 0.2) is 16.7 Å². The van der Waals surface area contributed by atoms with Gasteiger partial charge < -0.3 is 24.4 Å². The summed E-state index contributed by atoms with van der Waals surface area (Å²) in [5, 5.41) is 5.71. The molecule has 0 atom stereocenters. The van der Waals surface area contributed by atoms with Gasteiger partial charge >= 0.3 is 11.6 Å². The van der Waals surface area contributed by atoms with E-state index >= 15 is 0 Å². The van der Waals surface area contributed by atoms with Crippen molar-refractivity contribution < 1.29 is 40.7 Å². The van der Waals surface area contributed by atoms with Gasteiger partial charge in [0.2, 0.25) is 5.71 Å². The number of anilines is 2. The Morgan fingerprint density at radius 2 is 1.37 bits per heavy atom. The van der Waals surface area contributed by atoms with Gasteiger partial charge in [0, 0.05) is 50.7 Å². The first kappa shape index (κ1) is 34.1. The van der Waals surface area contributed by atoms with Crippen LogP contribution in [0.5, 0.6) is 0 Å². The van der Waals surface area contributed by atoms with E-state index in [4.69, 9.17) is 17.7 Å². The van der Waals surface area contributed by atoms with E-state index in [1.807, 2.05) is 20.8 Å². The molecule has 0 fully saturated rings. The molecular formula is C27H39F3N4O5SSi. The van der Waals surface area contributed by atoms with Gasteiger partial charge in [-0.3, -0.25) is 0 Å². The number of alkyl halides is 3. The standard InChI is InChI=1S/C26H38N4O2Si.CHF3O3S/c1-26(2,3)32-25(31)28-15-14-27-24-20-12-10-18(29(4)5)16-22(20)33(8,9)23-17-19(30(6)7)11-13-21(23)24;2-1(3,4)8(5,6)7/h10-13,16-17H,14-15H2,1-9H3,(H,28,31);(H,5,6,7). The molecule has 41 heavy (non-hydrogen) atoms. The summed E-state index contributed by atoms with van der Waals surface area (Å²) in [5.41, 5.74) is -0.0574. The van der Waals surface area contributed by atoms with Crippen molar-refractivity contribution in [3.63, 3.8) is 0 Å². The Labute approximate surface area is 241 Å². The van der Waals surface area contributed by atoms with Crippen molar-refractivity contribution in [2.45, 2.75) is 45.0 Å². The van der Waals surface area contributed by atoms with E-state index in [1.54, 1.807) is 0 Å². The van der Waals surface area contributed by atoms with Gasteiger partial charge in [-0.2, -0.15) is 13.2 Å². The molecule has 1 aliphatic rings. The van der Waals surface area contributed by atoms with E-state index in [0.29, 0.717) is 13.1 Å². The van der Waals surface area contributed by atoms with Crippen molar-refractivity contribution in [3.8, 4) is 0 Å². The lowest BCUT2D eigenvalue weighted by molar-refractivity contribution is -0.453. The third kappa shape index (κ3) is 8.69. The molecule has 2 aromatic rings. The van der Waals surface area contributed by atoms with Crippen molar-refractivity contribution in [1.29, 1.82) is 0 Å². The Bertz CT molecular complexity index is 1340. The van der Waals surface area contributed by atoms with Gasteiger partial charge in [-0.25, -0.2) is 18.2 Å². The summed E-state index contributed by atoms with van der Waals surface area (Å²) in [6, 6.07) is 13.6. The maximum Gasteiger partial charge on any atom is 0.485 e. The van der Waals surface area contributed by atoms with Crippen LogP contribution in [0, 0.1) is 0 Å². The minimum atomic E-state index is -6.09. The van der Waals surface area contributed by atoms with Crippen molar-refractivity contribution >= 4 is 51.7 Å². The number of hydrogen-bond donors (Lipinski definition) is 2. The molecule has 0 spiro atoms. The highest BCUT2D eigenvalue weighted by Crippen LogP contribution is 2.25. The van der Waals surface area contributed by atoms with E-state index in [0.717, 1.165) is 5.71 Å². The minimum Gasteiger partial charge on any atom is -0.741 e. The van der Waals surface area contributed by atoms with Crippen LogP contribution in [0.25, 0.3) is 0 Å². The van der Waals surface area contributed by atoms with Crippen LogP contribution in [0.3, 0.4) is 0 Å². The highest BCUT2D eigenvalue weighted by atomic mass is 32.2. The summed E-state index contributed by atoms with van der Waals surface area (Å²) < 4.78 is 64.3. The van der Waals surface area contributed by atoms with E-state index in [2.05, 4.69) is 97.8 Å². The maximum absolute atomic E-state index is 12.0. The molecule has 0 unspecified atom stereocenters. The summed E-state index contributed by atoms with van der Waals surface area (Å²) >= 11 is 0. The molecule has 2 N–H and O–H groups in total. The SMILES string of the molecule is CN(C)c1ccc2c(c1)[Si](C)(C)c1cc(N(C)C)ccc1C2=[NH+]CCNC(=O)OC(C)(C)C.O=S(=O)([O-])C(F)(F)F. The van der Waals surface area contributed by atoms with Crippen LogP contribution in [0.15, 0.2) is 36.4 Å². The molecule has 1 heterocycles. The Kier molecular flexibility index (Phi) is 10.3. The molecule has 0 aliphatic carbocycles. The van der Waals surface area contributed by atoms with Gasteiger partial charge in [-0.15, -0.1) is 0 Å². The number of benzene rings is 2. The fraction of sp³-hybridized carbons (Fsp3) is 0.481. The number of halogens is 3. The van der Waals surface area contributed by atoms with Crippen molar-refractivity contribution in [1.82, 2.24) is 5.32 Å². The molecule has 0 radical (unpaired) electrons. The molecular weight excluding hydrogens is 577 g/mol. The molecule has 2 aromatic carbocycles. The zero-order chi connectivity index (χ0) is 31.6. The predicted octanol–water partition coefficient (Wildman–Crippen LogP) is 1.45. The lowest BCUT2D eigenvalue weighted by Crippen LogP contribution is -2.78. The first-order valence-corrected chi connectivity index (χ1v) is 17.2. The fourth-order valence-corrected chi connectivity index (χ4v) is 7.31. The Hall–Kier alpha value is -3.10. The van der Waals surface area contributed by atoms with Crippen LogP contribution >= 0.6 is 0 Å². The van der Waals surface area contributed by atoms with Gasteiger partial charge in [-0.05, 0) is 67.5 Å². The molecule has 0 aromatic heterocycles. The Balaban J connectivity index is 0.000000642. The number of hydrogen-bond acceptors (Lipinski definition) is 7. The lowest BCUT2D eigenvalue weighted by Gasteiger charge is -2.34. The molecule has 228 valence electrons. The number of alkyl carbamates (subject to hydrolysis) is 1. The second-order valence-corrected chi connectivity index (χ2v) is 17.2. The van der Waals surface area contributed by atoms with Crippen LogP contribution in [-0.4, -0.2) is 85.2 Å². The topological polar surface area (TPSA) is 116 Å². The molecule has 0 saturated carbocycles.